The fraction of sp³-hybridized carbons (Fsp3) is 1.00. The largest absolute Gasteiger partial charge is 0.382 e. The summed E-state index contributed by atoms with van der Waals surface area (Å²) >= 11 is 0. The zero-order chi connectivity index (χ0) is 8.53. The lowest BCUT2D eigenvalue weighted by Crippen LogP contribution is -2.07. The fourth-order valence-corrected chi connectivity index (χ4v) is 0.639. The average molecular weight is 184 g/mol. The molecule has 68 valence electrons. The van der Waals surface area contributed by atoms with Crippen LogP contribution in [0.3, 0.4) is 0 Å². The number of methoxy groups -OCH3 is 1. The fourth-order valence-electron chi connectivity index (χ4n) is 0.415. The van der Waals surface area contributed by atoms with Gasteiger partial charge in [0.1, 0.15) is 0 Å². The van der Waals surface area contributed by atoms with Gasteiger partial charge in [0.2, 0.25) is 0 Å². The topological polar surface area (TPSA) is 61.8 Å². The molecule has 0 spiro atoms. The second-order valence-corrected chi connectivity index (χ2v) is 2.37. The minimum atomic E-state index is -2.74. The minimum absolute atomic E-state index is 0.0718. The van der Waals surface area contributed by atoms with Crippen molar-refractivity contribution in [2.24, 2.45) is 0 Å². The maximum Gasteiger partial charge on any atom is 0.257 e. The predicted octanol–water partition coefficient (Wildman–Crippen LogP) is -0.808. The molecule has 0 saturated carbocycles. The highest BCUT2D eigenvalue weighted by Gasteiger charge is 1.88. The van der Waals surface area contributed by atoms with Crippen molar-refractivity contribution >= 4 is 11.0 Å². The van der Waals surface area contributed by atoms with E-state index < -0.39 is 11.0 Å². The number of thiol groups is 1. The zero-order valence-corrected chi connectivity index (χ0v) is 7.21. The Morgan fingerprint density at radius 2 is 1.73 bits per heavy atom. The van der Waals surface area contributed by atoms with Crippen molar-refractivity contribution in [3.8, 4) is 0 Å². The summed E-state index contributed by atoms with van der Waals surface area (Å²) in [5, 5.41) is 0. The summed E-state index contributed by atoms with van der Waals surface area (Å²) in [7, 11) is -1.17. The Morgan fingerprint density at radius 1 is 1.09 bits per heavy atom. The Bertz CT molecular complexity index is 136. The van der Waals surface area contributed by atoms with Gasteiger partial charge in [-0.1, -0.05) is 0 Å². The summed E-state index contributed by atoms with van der Waals surface area (Å²) in [6.07, 6.45) is 0. The van der Waals surface area contributed by atoms with Crippen LogP contribution in [-0.4, -0.2) is 42.0 Å². The maximum atomic E-state index is 9.82. The quantitative estimate of drug-likeness (QED) is 0.414. The van der Waals surface area contributed by atoms with Crippen molar-refractivity contribution < 1.29 is 22.1 Å². The lowest BCUT2D eigenvalue weighted by molar-refractivity contribution is 0.0562. The van der Waals surface area contributed by atoms with E-state index in [0.29, 0.717) is 13.2 Å². The van der Waals surface area contributed by atoms with Gasteiger partial charge in [-0.15, -0.1) is 0 Å². The monoisotopic (exact) mass is 184 g/mol. The normalized spacial score (nSPS) is 10.7. The van der Waals surface area contributed by atoms with Crippen LogP contribution in [0.2, 0.25) is 0 Å². The van der Waals surface area contributed by atoms with Gasteiger partial charge in [-0.25, -0.2) is 8.42 Å². The third-order valence-corrected chi connectivity index (χ3v) is 1.25. The summed E-state index contributed by atoms with van der Waals surface area (Å²) in [4.78, 5) is 0. The Hall–Kier alpha value is -0.170. The molecule has 0 radical (unpaired) electrons. The van der Waals surface area contributed by atoms with Crippen LogP contribution in [0.1, 0.15) is 0 Å². The number of hydrogen-bond acceptors (Lipinski definition) is 5. The van der Waals surface area contributed by atoms with E-state index in [2.05, 4.69) is 8.92 Å². The maximum absolute atomic E-state index is 9.82. The van der Waals surface area contributed by atoms with Crippen LogP contribution >= 0.6 is 0 Å². The lowest BCUT2D eigenvalue weighted by atomic mass is 10.7. The summed E-state index contributed by atoms with van der Waals surface area (Å²) < 4.78 is 33.4. The van der Waals surface area contributed by atoms with Crippen LogP contribution in [0.15, 0.2) is 0 Å². The van der Waals surface area contributed by atoms with E-state index in [9.17, 15) is 8.42 Å². The molecule has 0 saturated heterocycles. The molecular weight excluding hydrogens is 172 g/mol. The highest BCUT2D eigenvalue weighted by atomic mass is 32.2. The number of hydrogen-bond donors (Lipinski definition) is 1. The van der Waals surface area contributed by atoms with Crippen molar-refractivity contribution in [1.82, 2.24) is 0 Å². The van der Waals surface area contributed by atoms with E-state index in [1.165, 1.54) is 0 Å². The molecule has 0 aliphatic heterocycles. The van der Waals surface area contributed by atoms with Crippen LogP contribution < -0.4 is 0 Å². The molecule has 0 N–H and O–H groups in total. The molecule has 0 fully saturated rings. The standard InChI is InChI=1S/C5H12O5S/c1-8-2-3-9-4-5-10-11(6)7/h11H,2-5H2,1H3. The molecule has 11 heavy (non-hydrogen) atoms. The molecule has 0 aliphatic carbocycles. The lowest BCUT2D eigenvalue weighted by Gasteiger charge is -2.00. The second kappa shape index (κ2) is 7.93. The molecule has 0 unspecified atom stereocenters. The van der Waals surface area contributed by atoms with Crippen LogP contribution in [0.25, 0.3) is 0 Å². The van der Waals surface area contributed by atoms with Crippen molar-refractivity contribution in [2.75, 3.05) is 33.5 Å². The van der Waals surface area contributed by atoms with E-state index in [1.807, 2.05) is 0 Å². The summed E-state index contributed by atoms with van der Waals surface area (Å²) in [6, 6.07) is 0. The number of ether oxygens (including phenoxy) is 2. The first-order chi connectivity index (χ1) is 5.27. The van der Waals surface area contributed by atoms with Gasteiger partial charge >= 0.3 is 0 Å². The summed E-state index contributed by atoms with van der Waals surface area (Å²) in [5.41, 5.74) is 0. The Balaban J connectivity index is 2.90. The van der Waals surface area contributed by atoms with E-state index in [1.54, 1.807) is 7.11 Å². The Kier molecular flexibility index (Phi) is 7.81. The van der Waals surface area contributed by atoms with Crippen LogP contribution in [0.4, 0.5) is 0 Å². The SMILES string of the molecule is COCCOCCO[SH](=O)=O. The molecule has 0 rings (SSSR count). The van der Waals surface area contributed by atoms with E-state index in [0.717, 1.165) is 0 Å². The molecule has 0 aliphatic rings. The summed E-state index contributed by atoms with van der Waals surface area (Å²) in [6.45, 7) is 1.30. The Labute approximate surface area is 67.4 Å². The van der Waals surface area contributed by atoms with Gasteiger partial charge in [0.25, 0.3) is 11.0 Å². The van der Waals surface area contributed by atoms with Gasteiger partial charge in [-0.05, 0) is 0 Å². The van der Waals surface area contributed by atoms with Crippen molar-refractivity contribution in [1.29, 1.82) is 0 Å². The van der Waals surface area contributed by atoms with E-state index in [-0.39, 0.29) is 13.2 Å². The predicted molar refractivity (Wildman–Crippen MR) is 39.0 cm³/mol. The third kappa shape index (κ3) is 9.83. The molecule has 0 aromatic heterocycles. The van der Waals surface area contributed by atoms with E-state index >= 15 is 0 Å². The molecule has 0 atom stereocenters. The van der Waals surface area contributed by atoms with Crippen molar-refractivity contribution in [3.63, 3.8) is 0 Å². The molecule has 0 bridgehead atoms. The molecule has 0 heterocycles. The van der Waals surface area contributed by atoms with Gasteiger partial charge in [0.15, 0.2) is 0 Å². The molecular formula is C5H12O5S. The average Bonchev–Trinajstić information content (AvgIpc) is 1.96. The first-order valence-corrected chi connectivity index (χ1v) is 4.21. The highest BCUT2D eigenvalue weighted by molar-refractivity contribution is 7.67. The molecule has 0 aromatic rings. The molecule has 0 amide bonds. The Morgan fingerprint density at radius 3 is 2.27 bits per heavy atom. The van der Waals surface area contributed by atoms with Crippen molar-refractivity contribution in [2.45, 2.75) is 0 Å². The van der Waals surface area contributed by atoms with E-state index in [4.69, 9.17) is 4.74 Å². The van der Waals surface area contributed by atoms with Gasteiger partial charge in [0, 0.05) is 7.11 Å². The minimum Gasteiger partial charge on any atom is -0.382 e. The molecule has 5 nitrogen and oxygen atoms in total. The zero-order valence-electron chi connectivity index (χ0n) is 6.32. The highest BCUT2D eigenvalue weighted by Crippen LogP contribution is 1.78. The van der Waals surface area contributed by atoms with Gasteiger partial charge in [-0.2, -0.15) is 0 Å². The first-order valence-electron chi connectivity index (χ1n) is 3.11. The second-order valence-electron chi connectivity index (χ2n) is 1.66. The van der Waals surface area contributed by atoms with Gasteiger partial charge in [-0.3, -0.25) is 4.18 Å². The smallest absolute Gasteiger partial charge is 0.257 e. The van der Waals surface area contributed by atoms with Crippen molar-refractivity contribution in [3.05, 3.63) is 0 Å². The van der Waals surface area contributed by atoms with Gasteiger partial charge in [0.05, 0.1) is 26.4 Å². The van der Waals surface area contributed by atoms with Crippen LogP contribution in [0.5, 0.6) is 0 Å². The van der Waals surface area contributed by atoms with Gasteiger partial charge < -0.3 is 9.47 Å². The first kappa shape index (κ1) is 10.8. The summed E-state index contributed by atoms with van der Waals surface area (Å²) in [5.74, 6) is 0. The molecule has 6 heteroatoms. The van der Waals surface area contributed by atoms with Crippen LogP contribution in [-0.2, 0) is 24.6 Å². The molecule has 0 aromatic carbocycles. The van der Waals surface area contributed by atoms with Crippen LogP contribution in [0, 0.1) is 0 Å². The number of rotatable bonds is 7. The third-order valence-electron chi connectivity index (χ3n) is 0.856.